The normalized spacial score (nSPS) is 16.7. The lowest BCUT2D eigenvalue weighted by molar-refractivity contribution is 0.102. The first kappa shape index (κ1) is 16.6. The molecule has 2 aromatic rings. The molecule has 0 saturated carbocycles. The van der Waals surface area contributed by atoms with Gasteiger partial charge in [-0.2, -0.15) is 0 Å². The Morgan fingerprint density at radius 3 is 2.79 bits per heavy atom. The van der Waals surface area contributed by atoms with Gasteiger partial charge in [-0.3, -0.25) is 4.79 Å². The topological polar surface area (TPSA) is 56.8 Å². The van der Waals surface area contributed by atoms with Gasteiger partial charge in [0.15, 0.2) is 11.5 Å². The molecule has 1 saturated heterocycles. The highest BCUT2D eigenvalue weighted by Crippen LogP contribution is 2.31. The smallest absolute Gasteiger partial charge is 0.255 e. The number of rotatable bonds is 5. The number of amides is 1. The number of para-hydroxylation sites is 1. The van der Waals surface area contributed by atoms with Crippen molar-refractivity contribution < 1.29 is 19.0 Å². The fourth-order valence-electron chi connectivity index (χ4n) is 2.45. The molecule has 24 heavy (non-hydrogen) atoms. The Bertz CT molecular complexity index is 729. The molecule has 5 nitrogen and oxygen atoms in total. The summed E-state index contributed by atoms with van der Waals surface area (Å²) in [6.07, 6.45) is 0.792. The van der Waals surface area contributed by atoms with Crippen LogP contribution in [0, 0.1) is 0 Å². The largest absolute Gasteiger partial charge is 0.493 e. The van der Waals surface area contributed by atoms with E-state index in [1.54, 1.807) is 43.5 Å². The summed E-state index contributed by atoms with van der Waals surface area (Å²) in [5.74, 6) is 0.842. The van der Waals surface area contributed by atoms with Gasteiger partial charge < -0.3 is 19.5 Å². The van der Waals surface area contributed by atoms with Gasteiger partial charge in [-0.25, -0.2) is 0 Å². The van der Waals surface area contributed by atoms with Gasteiger partial charge in [-0.1, -0.05) is 23.7 Å². The zero-order valence-electron chi connectivity index (χ0n) is 13.3. The van der Waals surface area contributed by atoms with E-state index in [-0.39, 0.29) is 12.0 Å². The molecular weight excluding hydrogens is 330 g/mol. The quantitative estimate of drug-likeness (QED) is 0.894. The third-order valence-electron chi connectivity index (χ3n) is 3.73. The van der Waals surface area contributed by atoms with E-state index in [0.29, 0.717) is 41.0 Å². The lowest BCUT2D eigenvalue weighted by Gasteiger charge is -2.16. The molecule has 0 aromatic heterocycles. The first-order chi connectivity index (χ1) is 11.7. The first-order valence-corrected chi connectivity index (χ1v) is 8.03. The highest BCUT2D eigenvalue weighted by atomic mass is 35.5. The predicted molar refractivity (Wildman–Crippen MR) is 92.3 cm³/mol. The van der Waals surface area contributed by atoms with Crippen LogP contribution < -0.4 is 14.8 Å². The zero-order valence-corrected chi connectivity index (χ0v) is 14.0. The van der Waals surface area contributed by atoms with Gasteiger partial charge in [-0.05, 0) is 30.3 Å². The molecule has 1 aliphatic rings. The average molecular weight is 348 g/mol. The maximum atomic E-state index is 12.5. The number of hydrogen-bond acceptors (Lipinski definition) is 4. The number of halogens is 1. The van der Waals surface area contributed by atoms with Crippen LogP contribution in [0.25, 0.3) is 0 Å². The van der Waals surface area contributed by atoms with Crippen molar-refractivity contribution in [2.45, 2.75) is 12.5 Å². The van der Waals surface area contributed by atoms with E-state index in [1.165, 1.54) is 0 Å². The van der Waals surface area contributed by atoms with Gasteiger partial charge in [0.25, 0.3) is 5.91 Å². The third-order valence-corrected chi connectivity index (χ3v) is 4.06. The second-order valence-electron chi connectivity index (χ2n) is 5.40. The van der Waals surface area contributed by atoms with Crippen LogP contribution in [0.4, 0.5) is 5.69 Å². The standard InChI is InChI=1S/C18H18ClNO4/c1-22-16-7-6-12(10-17(16)24-13-8-9-23-11-13)18(21)20-15-5-3-2-4-14(15)19/h2-7,10,13H,8-9,11H2,1H3,(H,20,21). The molecule has 1 N–H and O–H groups in total. The van der Waals surface area contributed by atoms with Crippen LogP contribution in [-0.4, -0.2) is 32.3 Å². The van der Waals surface area contributed by atoms with Crippen molar-refractivity contribution in [1.82, 2.24) is 0 Å². The van der Waals surface area contributed by atoms with E-state index in [4.69, 9.17) is 25.8 Å². The fraction of sp³-hybridized carbons (Fsp3) is 0.278. The summed E-state index contributed by atoms with van der Waals surface area (Å²) >= 11 is 6.07. The molecule has 1 atom stereocenters. The summed E-state index contributed by atoms with van der Waals surface area (Å²) < 4.78 is 16.5. The Morgan fingerprint density at radius 1 is 1.25 bits per heavy atom. The Labute approximate surface area is 145 Å². The maximum Gasteiger partial charge on any atom is 0.255 e. The highest BCUT2D eigenvalue weighted by Gasteiger charge is 2.20. The first-order valence-electron chi connectivity index (χ1n) is 7.65. The molecule has 0 spiro atoms. The van der Waals surface area contributed by atoms with Crippen LogP contribution in [0.2, 0.25) is 5.02 Å². The van der Waals surface area contributed by atoms with Gasteiger partial charge in [-0.15, -0.1) is 0 Å². The molecule has 1 aliphatic heterocycles. The second kappa shape index (κ2) is 7.55. The van der Waals surface area contributed by atoms with E-state index < -0.39 is 0 Å². The van der Waals surface area contributed by atoms with E-state index >= 15 is 0 Å². The molecule has 1 amide bonds. The Morgan fingerprint density at radius 2 is 2.08 bits per heavy atom. The van der Waals surface area contributed by atoms with E-state index in [2.05, 4.69) is 5.32 Å². The Hall–Kier alpha value is -2.24. The molecule has 6 heteroatoms. The molecule has 0 aliphatic carbocycles. The van der Waals surface area contributed by atoms with Crippen molar-refractivity contribution in [3.63, 3.8) is 0 Å². The second-order valence-corrected chi connectivity index (χ2v) is 5.81. The van der Waals surface area contributed by atoms with Gasteiger partial charge in [0.05, 0.1) is 31.0 Å². The summed E-state index contributed by atoms with van der Waals surface area (Å²) in [7, 11) is 1.57. The Kier molecular flexibility index (Phi) is 5.23. The lowest BCUT2D eigenvalue weighted by Crippen LogP contribution is -2.17. The van der Waals surface area contributed by atoms with Gasteiger partial charge in [0.2, 0.25) is 0 Å². The van der Waals surface area contributed by atoms with Crippen LogP contribution in [0.3, 0.4) is 0 Å². The molecule has 0 bridgehead atoms. The van der Waals surface area contributed by atoms with Gasteiger partial charge >= 0.3 is 0 Å². The molecule has 1 heterocycles. The van der Waals surface area contributed by atoms with Crippen LogP contribution in [0.5, 0.6) is 11.5 Å². The lowest BCUT2D eigenvalue weighted by atomic mass is 10.1. The van der Waals surface area contributed by atoms with E-state index in [1.807, 2.05) is 6.07 Å². The minimum absolute atomic E-state index is 0.0271. The van der Waals surface area contributed by atoms with Crippen molar-refractivity contribution in [3.05, 3.63) is 53.1 Å². The molecule has 126 valence electrons. The molecule has 0 radical (unpaired) electrons. The summed E-state index contributed by atoms with van der Waals surface area (Å²) in [6.45, 7) is 1.22. The van der Waals surface area contributed by atoms with Crippen LogP contribution in [0.15, 0.2) is 42.5 Å². The Balaban J connectivity index is 1.79. The average Bonchev–Trinajstić information content (AvgIpc) is 3.10. The third kappa shape index (κ3) is 3.80. The summed E-state index contributed by atoms with van der Waals surface area (Å²) in [4.78, 5) is 12.5. The number of carbonyl (C=O) groups is 1. The monoisotopic (exact) mass is 347 g/mol. The molecule has 1 fully saturated rings. The van der Waals surface area contributed by atoms with Crippen LogP contribution in [0.1, 0.15) is 16.8 Å². The van der Waals surface area contributed by atoms with Gasteiger partial charge in [0, 0.05) is 12.0 Å². The van der Waals surface area contributed by atoms with Crippen molar-refractivity contribution in [2.24, 2.45) is 0 Å². The van der Waals surface area contributed by atoms with Crippen molar-refractivity contribution in [3.8, 4) is 11.5 Å². The molecular formula is C18H18ClNO4. The SMILES string of the molecule is COc1ccc(C(=O)Nc2ccccc2Cl)cc1OC1CCOC1. The minimum atomic E-state index is -0.265. The van der Waals surface area contributed by atoms with E-state index in [9.17, 15) is 4.79 Å². The number of anilines is 1. The van der Waals surface area contributed by atoms with Crippen LogP contribution in [-0.2, 0) is 4.74 Å². The van der Waals surface area contributed by atoms with Crippen molar-refractivity contribution in [2.75, 3.05) is 25.6 Å². The number of hydrogen-bond donors (Lipinski definition) is 1. The number of methoxy groups -OCH3 is 1. The summed E-state index contributed by atoms with van der Waals surface area (Å²) in [6, 6.07) is 12.2. The number of carbonyl (C=O) groups excluding carboxylic acids is 1. The summed E-state index contributed by atoms with van der Waals surface area (Å²) in [5, 5.41) is 3.28. The highest BCUT2D eigenvalue weighted by molar-refractivity contribution is 6.33. The predicted octanol–water partition coefficient (Wildman–Crippen LogP) is 3.77. The minimum Gasteiger partial charge on any atom is -0.493 e. The van der Waals surface area contributed by atoms with Crippen molar-refractivity contribution in [1.29, 1.82) is 0 Å². The van der Waals surface area contributed by atoms with Gasteiger partial charge in [0.1, 0.15) is 6.10 Å². The number of benzene rings is 2. The van der Waals surface area contributed by atoms with Crippen molar-refractivity contribution >= 4 is 23.2 Å². The molecule has 2 aromatic carbocycles. The fourth-order valence-corrected chi connectivity index (χ4v) is 2.64. The zero-order chi connectivity index (χ0) is 16.9. The van der Waals surface area contributed by atoms with Crippen LogP contribution >= 0.6 is 11.6 Å². The van der Waals surface area contributed by atoms with E-state index in [0.717, 1.165) is 6.42 Å². The number of nitrogens with one attached hydrogen (secondary N) is 1. The molecule has 3 rings (SSSR count). The molecule has 1 unspecified atom stereocenters. The maximum absolute atomic E-state index is 12.5. The summed E-state index contributed by atoms with van der Waals surface area (Å²) in [5.41, 5.74) is 1.02. The number of ether oxygens (including phenoxy) is 3.